The number of rotatable bonds is 8. The number of carbonyl (C=O) groups is 1. The largest absolute Gasteiger partial charge is 0.468 e. The van der Waals surface area contributed by atoms with Gasteiger partial charge in [-0.15, -0.1) is 0 Å². The third kappa shape index (κ3) is 3.14. The molecular weight excluding hydrogens is 236 g/mol. The van der Waals surface area contributed by atoms with Gasteiger partial charge in [-0.1, -0.05) is 19.3 Å². The zero-order valence-electron chi connectivity index (χ0n) is 12.1. The number of carbonyl (C=O) groups excluding carboxylic acids is 1. The van der Waals surface area contributed by atoms with Crippen molar-refractivity contribution in [3.63, 3.8) is 0 Å². The van der Waals surface area contributed by atoms with Gasteiger partial charge >= 0.3 is 0 Å². The van der Waals surface area contributed by atoms with Gasteiger partial charge in [0.1, 0.15) is 0 Å². The molecule has 4 aliphatic rings. The fraction of sp³-hybridized carbons (Fsp3) is 0.941. The topological polar surface area (TPSA) is 26.3 Å². The van der Waals surface area contributed by atoms with E-state index in [4.69, 9.17) is 4.74 Å². The minimum Gasteiger partial charge on any atom is -0.468 e. The average Bonchev–Trinajstić information content (AvgIpc) is 2.36. The van der Waals surface area contributed by atoms with Crippen molar-refractivity contribution in [2.75, 3.05) is 6.61 Å². The first-order valence-electron chi connectivity index (χ1n) is 8.35. The highest BCUT2D eigenvalue weighted by molar-refractivity contribution is 5.36. The smallest absolute Gasteiger partial charge is 0.293 e. The van der Waals surface area contributed by atoms with Crippen LogP contribution in [0.4, 0.5) is 0 Å². The van der Waals surface area contributed by atoms with Gasteiger partial charge in [0.15, 0.2) is 0 Å². The van der Waals surface area contributed by atoms with Crippen LogP contribution < -0.4 is 0 Å². The van der Waals surface area contributed by atoms with Crippen LogP contribution in [0.5, 0.6) is 0 Å². The molecule has 2 nitrogen and oxygen atoms in total. The maximum Gasteiger partial charge on any atom is 0.293 e. The molecule has 0 atom stereocenters. The highest BCUT2D eigenvalue weighted by Gasteiger charge is 2.50. The Labute approximate surface area is 117 Å². The van der Waals surface area contributed by atoms with Gasteiger partial charge in [-0.05, 0) is 74.5 Å². The first-order valence-corrected chi connectivity index (χ1v) is 8.35. The summed E-state index contributed by atoms with van der Waals surface area (Å²) in [5.41, 5.74) is 0.758. The molecule has 0 N–H and O–H groups in total. The molecule has 4 bridgehead atoms. The van der Waals surface area contributed by atoms with Gasteiger partial charge in [0.05, 0.1) is 6.61 Å². The first-order chi connectivity index (χ1) is 9.30. The third-order valence-electron chi connectivity index (χ3n) is 5.95. The number of ether oxygens (including phenoxy) is 1. The predicted molar refractivity (Wildman–Crippen MR) is 75.7 cm³/mol. The van der Waals surface area contributed by atoms with Crippen LogP contribution in [-0.2, 0) is 9.53 Å². The molecule has 4 rings (SSSR count). The number of unbranched alkanes of at least 4 members (excludes halogenated alkanes) is 3. The fourth-order valence-electron chi connectivity index (χ4n) is 5.68. The van der Waals surface area contributed by atoms with Crippen molar-refractivity contribution in [1.82, 2.24) is 0 Å². The molecule has 0 spiro atoms. The maximum atomic E-state index is 10.0. The van der Waals surface area contributed by atoms with Crippen molar-refractivity contribution in [3.8, 4) is 0 Å². The molecule has 108 valence electrons. The second kappa shape index (κ2) is 5.85. The Morgan fingerprint density at radius 3 is 2.05 bits per heavy atom. The van der Waals surface area contributed by atoms with Crippen molar-refractivity contribution in [2.45, 2.75) is 70.6 Å². The van der Waals surface area contributed by atoms with Crippen molar-refractivity contribution >= 4 is 6.47 Å². The van der Waals surface area contributed by atoms with Gasteiger partial charge in [0.25, 0.3) is 6.47 Å². The SMILES string of the molecule is O=COCCCCCCC12CC3CC(CC(C3)C1)C2. The summed E-state index contributed by atoms with van der Waals surface area (Å²) in [7, 11) is 0. The molecule has 0 radical (unpaired) electrons. The summed E-state index contributed by atoms with van der Waals surface area (Å²) in [5, 5.41) is 0. The standard InChI is InChI=1S/C17H28O2/c18-13-19-6-4-2-1-3-5-17-10-14-7-15(11-17)9-16(8-14)12-17/h13-16H,1-12H2. The second-order valence-corrected chi connectivity index (χ2v) is 7.55. The number of hydrogen-bond donors (Lipinski definition) is 0. The summed E-state index contributed by atoms with van der Waals surface area (Å²) in [6.45, 7) is 1.18. The van der Waals surface area contributed by atoms with Crippen LogP contribution in [0.2, 0.25) is 0 Å². The van der Waals surface area contributed by atoms with E-state index >= 15 is 0 Å². The molecule has 4 aliphatic carbocycles. The number of hydrogen-bond acceptors (Lipinski definition) is 2. The van der Waals surface area contributed by atoms with Crippen LogP contribution in [0.15, 0.2) is 0 Å². The Morgan fingerprint density at radius 1 is 0.895 bits per heavy atom. The summed E-state index contributed by atoms with van der Waals surface area (Å²) in [6.07, 6.45) is 15.8. The highest BCUT2D eigenvalue weighted by Crippen LogP contribution is 2.61. The lowest BCUT2D eigenvalue weighted by Crippen LogP contribution is -2.45. The van der Waals surface area contributed by atoms with E-state index in [9.17, 15) is 4.79 Å². The Hall–Kier alpha value is -0.530. The van der Waals surface area contributed by atoms with Gasteiger partial charge in [0.2, 0.25) is 0 Å². The average molecular weight is 264 g/mol. The molecule has 4 saturated carbocycles. The lowest BCUT2D eigenvalue weighted by molar-refractivity contribution is -0.128. The molecule has 0 aromatic rings. The molecule has 2 heteroatoms. The van der Waals surface area contributed by atoms with Crippen LogP contribution in [0.25, 0.3) is 0 Å². The van der Waals surface area contributed by atoms with Gasteiger partial charge < -0.3 is 4.74 Å². The van der Waals surface area contributed by atoms with E-state index in [1.807, 2.05) is 0 Å². The lowest BCUT2D eigenvalue weighted by atomic mass is 9.48. The van der Waals surface area contributed by atoms with E-state index in [0.717, 1.165) is 29.6 Å². The van der Waals surface area contributed by atoms with Crippen molar-refractivity contribution in [3.05, 3.63) is 0 Å². The second-order valence-electron chi connectivity index (χ2n) is 7.55. The minimum atomic E-state index is 0.565. The van der Waals surface area contributed by atoms with Crippen LogP contribution in [-0.4, -0.2) is 13.1 Å². The maximum absolute atomic E-state index is 10.0. The zero-order valence-corrected chi connectivity index (χ0v) is 12.1. The summed E-state index contributed by atoms with van der Waals surface area (Å²) >= 11 is 0. The molecule has 4 fully saturated rings. The quantitative estimate of drug-likeness (QED) is 0.482. The van der Waals surface area contributed by atoms with Crippen LogP contribution in [0.3, 0.4) is 0 Å². The molecule has 0 amide bonds. The van der Waals surface area contributed by atoms with Gasteiger partial charge in [0, 0.05) is 0 Å². The van der Waals surface area contributed by atoms with E-state index in [-0.39, 0.29) is 0 Å². The molecule has 0 heterocycles. The Kier molecular flexibility index (Phi) is 4.14. The monoisotopic (exact) mass is 264 g/mol. The summed E-state index contributed by atoms with van der Waals surface area (Å²) in [5.74, 6) is 3.27. The third-order valence-corrected chi connectivity index (χ3v) is 5.95. The Morgan fingerprint density at radius 2 is 1.47 bits per heavy atom. The molecule has 0 unspecified atom stereocenters. The van der Waals surface area contributed by atoms with E-state index in [1.54, 1.807) is 38.5 Å². The fourth-order valence-corrected chi connectivity index (χ4v) is 5.68. The van der Waals surface area contributed by atoms with E-state index in [0.29, 0.717) is 13.1 Å². The van der Waals surface area contributed by atoms with Crippen molar-refractivity contribution in [1.29, 1.82) is 0 Å². The molecule has 19 heavy (non-hydrogen) atoms. The summed E-state index contributed by atoms with van der Waals surface area (Å²) < 4.78 is 4.73. The van der Waals surface area contributed by atoms with Crippen LogP contribution >= 0.6 is 0 Å². The lowest BCUT2D eigenvalue weighted by Gasteiger charge is -2.57. The van der Waals surface area contributed by atoms with Gasteiger partial charge in [-0.3, -0.25) is 4.79 Å². The molecule has 0 aromatic carbocycles. The van der Waals surface area contributed by atoms with E-state index in [2.05, 4.69) is 0 Å². The molecule has 0 aliphatic heterocycles. The van der Waals surface area contributed by atoms with E-state index in [1.165, 1.54) is 25.7 Å². The van der Waals surface area contributed by atoms with Crippen LogP contribution in [0.1, 0.15) is 70.6 Å². The van der Waals surface area contributed by atoms with Crippen molar-refractivity contribution in [2.24, 2.45) is 23.2 Å². The Balaban J connectivity index is 1.37. The van der Waals surface area contributed by atoms with Gasteiger partial charge in [-0.2, -0.15) is 0 Å². The molecule has 0 aromatic heterocycles. The van der Waals surface area contributed by atoms with E-state index < -0.39 is 0 Å². The van der Waals surface area contributed by atoms with Crippen molar-refractivity contribution < 1.29 is 9.53 Å². The zero-order chi connectivity index (χ0) is 13.1. The van der Waals surface area contributed by atoms with Gasteiger partial charge in [-0.25, -0.2) is 0 Å². The normalized spacial score (nSPS) is 39.5. The Bertz CT molecular complexity index is 275. The minimum absolute atomic E-state index is 0.565. The summed E-state index contributed by atoms with van der Waals surface area (Å²) in [4.78, 5) is 10.0. The summed E-state index contributed by atoms with van der Waals surface area (Å²) in [6, 6.07) is 0. The predicted octanol–water partition coefficient (Wildman–Crippen LogP) is 4.33. The highest BCUT2D eigenvalue weighted by atomic mass is 16.5. The first kappa shape index (κ1) is 13.5. The molecular formula is C17H28O2. The molecule has 0 saturated heterocycles. The van der Waals surface area contributed by atoms with Crippen LogP contribution in [0, 0.1) is 23.2 Å².